The van der Waals surface area contributed by atoms with Gasteiger partial charge in [0.2, 0.25) is 0 Å². The summed E-state index contributed by atoms with van der Waals surface area (Å²) in [7, 11) is 1.85. The second-order valence-corrected chi connectivity index (χ2v) is 5.30. The first kappa shape index (κ1) is 13.6. The molecule has 18 heavy (non-hydrogen) atoms. The maximum Gasteiger partial charge on any atom is 0.126 e. The molecule has 1 aromatic rings. The highest BCUT2D eigenvalue weighted by Crippen LogP contribution is 2.24. The number of pyridine rings is 1. The number of halogens is 1. The van der Waals surface area contributed by atoms with Crippen LogP contribution in [0.25, 0.3) is 0 Å². The van der Waals surface area contributed by atoms with Gasteiger partial charge in [-0.25, -0.2) is 4.98 Å². The zero-order valence-electron chi connectivity index (χ0n) is 10.9. The number of hydrogen-bond acceptors (Lipinski definition) is 3. The van der Waals surface area contributed by atoms with Gasteiger partial charge < -0.3 is 10.1 Å². The van der Waals surface area contributed by atoms with Crippen LogP contribution in [0.1, 0.15) is 37.8 Å². The van der Waals surface area contributed by atoms with Crippen LogP contribution < -0.4 is 5.32 Å². The van der Waals surface area contributed by atoms with Gasteiger partial charge in [0, 0.05) is 13.7 Å². The van der Waals surface area contributed by atoms with Crippen molar-refractivity contribution < 1.29 is 4.74 Å². The second kappa shape index (κ2) is 6.95. The summed E-state index contributed by atoms with van der Waals surface area (Å²) in [5, 5.41) is 3.69. The molecule has 1 saturated carbocycles. The number of rotatable bonds is 5. The molecule has 1 fully saturated rings. The van der Waals surface area contributed by atoms with Crippen molar-refractivity contribution in [2.24, 2.45) is 5.92 Å². The minimum Gasteiger partial charge on any atom is -0.375 e. The Morgan fingerprint density at radius 3 is 2.83 bits per heavy atom. The molecule has 0 aromatic carbocycles. The average molecular weight is 269 g/mol. The molecule has 1 heterocycles. The zero-order valence-corrected chi connectivity index (χ0v) is 11.7. The van der Waals surface area contributed by atoms with Gasteiger partial charge in [-0.15, -0.1) is 0 Å². The van der Waals surface area contributed by atoms with E-state index in [1.54, 1.807) is 0 Å². The number of aromatic nitrogens is 1. The van der Waals surface area contributed by atoms with E-state index in [0.717, 1.165) is 24.0 Å². The lowest BCUT2D eigenvalue weighted by atomic mass is 9.90. The lowest BCUT2D eigenvalue weighted by molar-refractivity contribution is 0.0721. The van der Waals surface area contributed by atoms with Crippen molar-refractivity contribution in [1.29, 1.82) is 0 Å². The van der Waals surface area contributed by atoms with Gasteiger partial charge in [-0.05, 0) is 30.9 Å². The van der Waals surface area contributed by atoms with Gasteiger partial charge in [-0.2, -0.15) is 0 Å². The van der Waals surface area contributed by atoms with Crippen molar-refractivity contribution in [2.75, 3.05) is 19.0 Å². The normalized spacial score (nSPS) is 16.8. The van der Waals surface area contributed by atoms with Gasteiger partial charge >= 0.3 is 0 Å². The Morgan fingerprint density at radius 1 is 1.33 bits per heavy atom. The third-order valence-corrected chi connectivity index (χ3v) is 3.84. The van der Waals surface area contributed by atoms with Crippen LogP contribution in [0.3, 0.4) is 0 Å². The number of nitrogens with zero attached hydrogens (tertiary/aromatic N) is 1. The van der Waals surface area contributed by atoms with E-state index in [1.807, 2.05) is 19.2 Å². The molecule has 0 amide bonds. The van der Waals surface area contributed by atoms with Crippen LogP contribution in [-0.2, 0) is 11.3 Å². The van der Waals surface area contributed by atoms with Crippen molar-refractivity contribution in [3.8, 4) is 0 Å². The summed E-state index contributed by atoms with van der Waals surface area (Å²) in [5.74, 6) is 1.56. The Bertz CT molecular complexity index is 378. The minimum atomic E-state index is 0.505. The van der Waals surface area contributed by atoms with Crippen LogP contribution in [0.2, 0.25) is 5.02 Å². The lowest BCUT2D eigenvalue weighted by Gasteiger charge is -2.21. The first-order chi connectivity index (χ1) is 8.79. The van der Waals surface area contributed by atoms with Crippen LogP contribution >= 0.6 is 11.6 Å². The zero-order chi connectivity index (χ0) is 12.8. The van der Waals surface area contributed by atoms with Crippen LogP contribution in [0.5, 0.6) is 0 Å². The molecule has 0 unspecified atom stereocenters. The van der Waals surface area contributed by atoms with Gasteiger partial charge in [0.1, 0.15) is 5.82 Å². The van der Waals surface area contributed by atoms with Crippen LogP contribution in [0, 0.1) is 5.92 Å². The average Bonchev–Trinajstić information content (AvgIpc) is 2.42. The Kier molecular flexibility index (Phi) is 5.26. The summed E-state index contributed by atoms with van der Waals surface area (Å²) in [6.45, 7) is 1.34. The molecule has 100 valence electrons. The molecule has 1 aliphatic rings. The molecule has 0 bridgehead atoms. The van der Waals surface area contributed by atoms with Crippen LogP contribution in [0.4, 0.5) is 5.82 Å². The maximum absolute atomic E-state index is 6.10. The molecule has 0 atom stereocenters. The van der Waals surface area contributed by atoms with Gasteiger partial charge in [0.15, 0.2) is 0 Å². The largest absolute Gasteiger partial charge is 0.375 e. The highest BCUT2D eigenvalue weighted by Gasteiger charge is 2.13. The second-order valence-electron chi connectivity index (χ2n) is 4.89. The Morgan fingerprint density at radius 2 is 2.11 bits per heavy atom. The van der Waals surface area contributed by atoms with E-state index >= 15 is 0 Å². The van der Waals surface area contributed by atoms with Gasteiger partial charge in [0.05, 0.1) is 17.3 Å². The third kappa shape index (κ3) is 3.85. The number of hydrogen-bond donors (Lipinski definition) is 1. The fraction of sp³-hybridized carbons (Fsp3) is 0.643. The molecule has 0 aliphatic heterocycles. The molecular weight excluding hydrogens is 248 g/mol. The van der Waals surface area contributed by atoms with E-state index in [0.29, 0.717) is 11.6 Å². The first-order valence-corrected chi connectivity index (χ1v) is 7.08. The van der Waals surface area contributed by atoms with Crippen molar-refractivity contribution >= 4 is 17.4 Å². The van der Waals surface area contributed by atoms with Gasteiger partial charge in [-0.3, -0.25) is 0 Å². The molecule has 0 saturated heterocycles. The quantitative estimate of drug-likeness (QED) is 0.880. The fourth-order valence-electron chi connectivity index (χ4n) is 2.40. The number of anilines is 1. The van der Waals surface area contributed by atoms with Crippen molar-refractivity contribution in [3.63, 3.8) is 0 Å². The summed E-state index contributed by atoms with van der Waals surface area (Å²) in [4.78, 5) is 4.41. The molecule has 1 aliphatic carbocycles. The van der Waals surface area contributed by atoms with E-state index < -0.39 is 0 Å². The molecule has 1 N–H and O–H groups in total. The number of nitrogens with one attached hydrogen (secondary N) is 1. The summed E-state index contributed by atoms with van der Waals surface area (Å²) in [6.07, 6.45) is 6.69. The van der Waals surface area contributed by atoms with E-state index in [1.165, 1.54) is 32.1 Å². The third-order valence-electron chi connectivity index (χ3n) is 3.49. The SMILES string of the molecule is CNc1ccc(Cl)c(COCC2CCCCC2)n1. The molecule has 3 nitrogen and oxygen atoms in total. The predicted molar refractivity (Wildman–Crippen MR) is 75.0 cm³/mol. The van der Waals surface area contributed by atoms with Gasteiger partial charge in [-0.1, -0.05) is 30.9 Å². The summed E-state index contributed by atoms with van der Waals surface area (Å²) >= 11 is 6.10. The molecule has 4 heteroatoms. The summed E-state index contributed by atoms with van der Waals surface area (Å²) in [6, 6.07) is 3.73. The molecule has 1 aromatic heterocycles. The predicted octanol–water partition coefficient (Wildman–Crippen LogP) is 3.87. The molecule has 0 radical (unpaired) electrons. The molecular formula is C14H21ClN2O. The highest BCUT2D eigenvalue weighted by molar-refractivity contribution is 6.31. The number of ether oxygens (including phenoxy) is 1. The molecule has 0 spiro atoms. The lowest BCUT2D eigenvalue weighted by Crippen LogP contribution is -2.13. The van der Waals surface area contributed by atoms with E-state index in [-0.39, 0.29) is 0 Å². The van der Waals surface area contributed by atoms with E-state index in [2.05, 4.69) is 10.3 Å². The van der Waals surface area contributed by atoms with Crippen LogP contribution in [0.15, 0.2) is 12.1 Å². The maximum atomic E-state index is 6.10. The smallest absolute Gasteiger partial charge is 0.126 e. The van der Waals surface area contributed by atoms with E-state index in [9.17, 15) is 0 Å². The van der Waals surface area contributed by atoms with Crippen LogP contribution in [-0.4, -0.2) is 18.6 Å². The highest BCUT2D eigenvalue weighted by atomic mass is 35.5. The van der Waals surface area contributed by atoms with Gasteiger partial charge in [0.25, 0.3) is 0 Å². The van der Waals surface area contributed by atoms with E-state index in [4.69, 9.17) is 16.3 Å². The Balaban J connectivity index is 1.81. The van der Waals surface area contributed by atoms with Crippen molar-refractivity contribution in [3.05, 3.63) is 22.8 Å². The topological polar surface area (TPSA) is 34.1 Å². The summed E-state index contributed by atoms with van der Waals surface area (Å²) in [5.41, 5.74) is 0.819. The Labute approximate surface area is 114 Å². The van der Waals surface area contributed by atoms with Crippen molar-refractivity contribution in [1.82, 2.24) is 4.98 Å². The Hall–Kier alpha value is -0.800. The standard InChI is InChI=1S/C14H21ClN2O/c1-16-14-8-7-12(15)13(17-14)10-18-9-11-5-3-2-4-6-11/h7-8,11H,2-6,9-10H2,1H3,(H,16,17). The molecule has 2 rings (SSSR count). The monoisotopic (exact) mass is 268 g/mol. The summed E-state index contributed by atoms with van der Waals surface area (Å²) < 4.78 is 5.76. The fourth-order valence-corrected chi connectivity index (χ4v) is 2.56. The van der Waals surface area contributed by atoms with Crippen molar-refractivity contribution in [2.45, 2.75) is 38.7 Å². The minimum absolute atomic E-state index is 0.505. The first-order valence-electron chi connectivity index (χ1n) is 6.70.